The topological polar surface area (TPSA) is 54.4 Å². The summed E-state index contributed by atoms with van der Waals surface area (Å²) in [6, 6.07) is 6.75. The predicted octanol–water partition coefficient (Wildman–Crippen LogP) is 17.7. The van der Waals surface area contributed by atoms with Crippen molar-refractivity contribution < 1.29 is 13.0 Å². The van der Waals surface area contributed by atoms with E-state index in [1.807, 2.05) is 12.1 Å². The van der Waals surface area contributed by atoms with Gasteiger partial charge in [0.15, 0.2) is 0 Å². The molecular formula is C50H94O3S. The average molecular weight is 775 g/mol. The van der Waals surface area contributed by atoms with Crippen LogP contribution in [0.1, 0.15) is 276 Å². The van der Waals surface area contributed by atoms with Gasteiger partial charge in [-0.3, -0.25) is 4.55 Å². The van der Waals surface area contributed by atoms with Crippen molar-refractivity contribution in [3.05, 3.63) is 29.8 Å². The van der Waals surface area contributed by atoms with E-state index < -0.39 is 10.1 Å². The minimum absolute atomic E-state index is 0.0134. The third-order valence-electron chi connectivity index (χ3n) is 12.2. The summed E-state index contributed by atoms with van der Waals surface area (Å²) in [6.07, 6.45) is 58.2. The van der Waals surface area contributed by atoms with Crippen LogP contribution in [0.4, 0.5) is 0 Å². The molecule has 0 spiro atoms. The van der Waals surface area contributed by atoms with E-state index in [2.05, 4.69) is 13.8 Å². The minimum Gasteiger partial charge on any atom is -0.282 e. The Morgan fingerprint density at radius 3 is 0.907 bits per heavy atom. The number of aryl methyl sites for hydroxylation is 1. The fraction of sp³-hybridized carbons (Fsp3) is 0.880. The maximum atomic E-state index is 11.3. The summed E-state index contributed by atoms with van der Waals surface area (Å²) in [6.45, 7) is 4.58. The molecule has 1 rings (SSSR count). The normalized spacial score (nSPS) is 12.5. The monoisotopic (exact) mass is 775 g/mol. The molecule has 0 saturated heterocycles. The van der Waals surface area contributed by atoms with Crippen molar-refractivity contribution in [3.63, 3.8) is 0 Å². The highest BCUT2D eigenvalue weighted by Gasteiger charge is 2.11. The summed E-state index contributed by atoms with van der Waals surface area (Å²) < 4.78 is 31.8. The van der Waals surface area contributed by atoms with Crippen molar-refractivity contribution in [2.45, 2.75) is 282 Å². The van der Waals surface area contributed by atoms with Gasteiger partial charge in [-0.15, -0.1) is 0 Å². The van der Waals surface area contributed by atoms with Gasteiger partial charge < -0.3 is 0 Å². The quantitative estimate of drug-likeness (QED) is 0.0531. The highest BCUT2D eigenvalue weighted by molar-refractivity contribution is 7.85. The highest BCUT2D eigenvalue weighted by atomic mass is 32.2. The molecule has 0 aliphatic heterocycles. The zero-order valence-corrected chi connectivity index (χ0v) is 37.4. The van der Waals surface area contributed by atoms with Gasteiger partial charge in [-0.2, -0.15) is 8.42 Å². The van der Waals surface area contributed by atoms with E-state index in [0.717, 1.165) is 17.9 Å². The van der Waals surface area contributed by atoms with Gasteiger partial charge in [0.25, 0.3) is 10.1 Å². The third-order valence-corrected chi connectivity index (χ3v) is 13.1. The smallest absolute Gasteiger partial charge is 0.282 e. The van der Waals surface area contributed by atoms with Gasteiger partial charge in [0.1, 0.15) is 0 Å². The molecule has 0 aliphatic carbocycles. The van der Waals surface area contributed by atoms with Gasteiger partial charge in [-0.05, 0) is 36.5 Å². The van der Waals surface area contributed by atoms with Crippen molar-refractivity contribution >= 4 is 10.1 Å². The van der Waals surface area contributed by atoms with Crippen LogP contribution in [0.5, 0.6) is 0 Å². The van der Waals surface area contributed by atoms with Crippen LogP contribution in [0.25, 0.3) is 0 Å². The van der Waals surface area contributed by atoms with Gasteiger partial charge in [-0.25, -0.2) is 0 Å². The Balaban J connectivity index is 1.77. The molecule has 1 aromatic rings. The molecule has 54 heavy (non-hydrogen) atoms. The van der Waals surface area contributed by atoms with Crippen LogP contribution in [0.2, 0.25) is 0 Å². The van der Waals surface area contributed by atoms with E-state index in [-0.39, 0.29) is 4.90 Å². The van der Waals surface area contributed by atoms with Crippen LogP contribution < -0.4 is 0 Å². The molecule has 1 unspecified atom stereocenters. The second-order valence-electron chi connectivity index (χ2n) is 17.5. The maximum Gasteiger partial charge on any atom is 0.294 e. The number of hydrogen-bond acceptors (Lipinski definition) is 2. The molecule has 0 heterocycles. The van der Waals surface area contributed by atoms with E-state index in [1.165, 1.54) is 269 Å². The van der Waals surface area contributed by atoms with Gasteiger partial charge in [0.2, 0.25) is 0 Å². The molecule has 0 aliphatic rings. The molecule has 0 amide bonds. The molecule has 4 heteroatoms. The van der Waals surface area contributed by atoms with Gasteiger partial charge in [0.05, 0.1) is 4.90 Å². The summed E-state index contributed by atoms with van der Waals surface area (Å²) in [5, 5.41) is 0. The summed E-state index contributed by atoms with van der Waals surface area (Å²) in [5.74, 6) is 0.763. The van der Waals surface area contributed by atoms with E-state index in [1.54, 1.807) is 0 Å². The number of rotatable bonds is 43. The Morgan fingerprint density at radius 2 is 0.630 bits per heavy atom. The fourth-order valence-electron chi connectivity index (χ4n) is 8.46. The Kier molecular flexibility index (Phi) is 36.9. The number of unbranched alkanes of at least 4 members (excludes halogenated alkanes) is 35. The SMILES string of the molecule is CCCCCCCCCCCCCCCCCCCCCCCCCCCCCCCCCCCCCC(CCCC)CCc1ccc(S(=O)(=O)O)cc1. The van der Waals surface area contributed by atoms with E-state index in [0.29, 0.717) is 0 Å². The minimum atomic E-state index is -4.11. The summed E-state index contributed by atoms with van der Waals surface area (Å²) in [5.41, 5.74) is 1.16. The van der Waals surface area contributed by atoms with Crippen molar-refractivity contribution in [2.75, 3.05) is 0 Å². The Bertz CT molecular complexity index is 988. The number of hydrogen-bond donors (Lipinski definition) is 1. The standard InChI is InChI=1S/C50H94O3S/c1-3-5-7-8-9-10-11-12-13-14-15-16-17-18-19-20-21-22-23-24-25-26-27-28-29-30-31-32-33-34-35-36-37-38-39-41-48(40-6-4-2)42-43-49-44-46-50(47-45-49)54(51,52)53/h44-48H,3-43H2,1-2H3,(H,51,52,53). The Morgan fingerprint density at radius 1 is 0.370 bits per heavy atom. The molecule has 0 aromatic heterocycles. The first-order chi connectivity index (χ1) is 26.5. The molecule has 0 saturated carbocycles. The van der Waals surface area contributed by atoms with E-state index in [4.69, 9.17) is 0 Å². The maximum absolute atomic E-state index is 11.3. The molecule has 1 atom stereocenters. The summed E-state index contributed by atoms with van der Waals surface area (Å²) in [7, 11) is -4.11. The second kappa shape index (κ2) is 39.0. The lowest BCUT2D eigenvalue weighted by atomic mass is 9.89. The molecule has 0 fully saturated rings. The van der Waals surface area contributed by atoms with E-state index in [9.17, 15) is 13.0 Å². The Hall–Kier alpha value is -0.870. The van der Waals surface area contributed by atoms with Gasteiger partial charge in [0, 0.05) is 0 Å². The third kappa shape index (κ3) is 34.4. The van der Waals surface area contributed by atoms with Crippen molar-refractivity contribution in [1.29, 1.82) is 0 Å². The first kappa shape index (κ1) is 51.1. The molecule has 3 nitrogen and oxygen atoms in total. The summed E-state index contributed by atoms with van der Waals surface area (Å²) >= 11 is 0. The van der Waals surface area contributed by atoms with Crippen LogP contribution in [-0.2, 0) is 16.5 Å². The molecule has 1 N–H and O–H groups in total. The predicted molar refractivity (Wildman–Crippen MR) is 239 cm³/mol. The van der Waals surface area contributed by atoms with Crippen LogP contribution >= 0.6 is 0 Å². The van der Waals surface area contributed by atoms with Crippen LogP contribution in [0.15, 0.2) is 29.2 Å². The molecule has 1 aromatic carbocycles. The van der Waals surface area contributed by atoms with E-state index >= 15 is 0 Å². The summed E-state index contributed by atoms with van der Waals surface area (Å²) in [4.78, 5) is -0.0134. The van der Waals surface area contributed by atoms with Gasteiger partial charge in [-0.1, -0.05) is 276 Å². The fourth-order valence-corrected chi connectivity index (χ4v) is 8.94. The molecular weight excluding hydrogens is 681 g/mol. The lowest BCUT2D eigenvalue weighted by molar-refractivity contribution is 0.386. The van der Waals surface area contributed by atoms with Crippen molar-refractivity contribution in [3.8, 4) is 0 Å². The first-order valence-electron chi connectivity index (χ1n) is 24.5. The lowest BCUT2D eigenvalue weighted by Gasteiger charge is -2.17. The largest absolute Gasteiger partial charge is 0.294 e. The first-order valence-corrected chi connectivity index (χ1v) is 26.0. The highest BCUT2D eigenvalue weighted by Crippen LogP contribution is 2.24. The van der Waals surface area contributed by atoms with Crippen LogP contribution in [0, 0.1) is 5.92 Å². The zero-order valence-electron chi connectivity index (χ0n) is 36.6. The van der Waals surface area contributed by atoms with Crippen molar-refractivity contribution in [2.24, 2.45) is 5.92 Å². The zero-order chi connectivity index (χ0) is 39.1. The molecule has 0 radical (unpaired) electrons. The second-order valence-corrected chi connectivity index (χ2v) is 18.9. The molecule has 0 bridgehead atoms. The Labute approximate surface area is 339 Å². The van der Waals surface area contributed by atoms with Crippen molar-refractivity contribution in [1.82, 2.24) is 0 Å². The lowest BCUT2D eigenvalue weighted by Crippen LogP contribution is -2.04. The number of benzene rings is 1. The van der Waals surface area contributed by atoms with Crippen LogP contribution in [0.3, 0.4) is 0 Å². The average Bonchev–Trinajstić information content (AvgIpc) is 3.17. The van der Waals surface area contributed by atoms with Gasteiger partial charge >= 0.3 is 0 Å². The molecule has 318 valence electrons. The van der Waals surface area contributed by atoms with Crippen LogP contribution in [-0.4, -0.2) is 13.0 Å².